The molecule has 0 radical (unpaired) electrons. The summed E-state index contributed by atoms with van der Waals surface area (Å²) in [6, 6.07) is 5.47. The van der Waals surface area contributed by atoms with Gasteiger partial charge in [-0.05, 0) is 48.6 Å². The van der Waals surface area contributed by atoms with Crippen molar-refractivity contribution in [3.63, 3.8) is 0 Å². The van der Waals surface area contributed by atoms with Gasteiger partial charge in [0.15, 0.2) is 17.3 Å². The molecule has 0 aromatic heterocycles. The molecule has 0 amide bonds. The Labute approximate surface area is 168 Å². The van der Waals surface area contributed by atoms with Crippen molar-refractivity contribution in [3.05, 3.63) is 64.3 Å². The summed E-state index contributed by atoms with van der Waals surface area (Å²) < 4.78 is 16.1. The number of hydrogen-bond acceptors (Lipinski definition) is 6. The Bertz CT molecular complexity index is 963. The van der Waals surface area contributed by atoms with Crippen molar-refractivity contribution in [1.82, 2.24) is 0 Å². The molecule has 1 aromatic rings. The summed E-state index contributed by atoms with van der Waals surface area (Å²) in [5.41, 5.74) is 1.65. The van der Waals surface area contributed by atoms with Crippen LogP contribution in [-0.2, 0) is 19.1 Å². The number of hydrogen-bond donors (Lipinski definition) is 0. The zero-order valence-corrected chi connectivity index (χ0v) is 16.4. The Hall–Kier alpha value is -3.15. The van der Waals surface area contributed by atoms with E-state index in [1.807, 2.05) is 12.1 Å². The summed E-state index contributed by atoms with van der Waals surface area (Å²) in [5, 5.41) is 0. The van der Waals surface area contributed by atoms with E-state index in [2.05, 4.69) is 0 Å². The maximum absolute atomic E-state index is 12.7. The predicted molar refractivity (Wildman–Crippen MR) is 104 cm³/mol. The summed E-state index contributed by atoms with van der Waals surface area (Å²) in [6.45, 7) is 0. The van der Waals surface area contributed by atoms with Gasteiger partial charge in [0.2, 0.25) is 5.78 Å². The predicted octanol–water partition coefficient (Wildman–Crippen LogP) is 3.78. The molecule has 6 heteroatoms. The molecule has 0 N–H and O–H groups in total. The topological polar surface area (TPSA) is 78.9 Å². The quantitative estimate of drug-likeness (QED) is 0.574. The summed E-state index contributed by atoms with van der Waals surface area (Å²) in [5.74, 6) is -1.11. The highest BCUT2D eigenvalue weighted by molar-refractivity contribution is 6.50. The average molecular weight is 394 g/mol. The summed E-state index contributed by atoms with van der Waals surface area (Å²) in [6.07, 6.45) is 8.64. The largest absolute Gasteiger partial charge is 0.492 e. The van der Waals surface area contributed by atoms with Gasteiger partial charge in [-0.1, -0.05) is 25.3 Å². The normalized spacial score (nSPS) is 20.0. The Morgan fingerprint density at radius 3 is 2.14 bits per heavy atom. The van der Waals surface area contributed by atoms with Crippen LogP contribution in [0.25, 0.3) is 0 Å². The lowest BCUT2D eigenvalue weighted by atomic mass is 9.83. The second kappa shape index (κ2) is 7.70. The molecule has 1 aliphatic heterocycles. The van der Waals surface area contributed by atoms with Gasteiger partial charge in [0.25, 0.3) is 11.6 Å². The number of rotatable bonds is 3. The van der Waals surface area contributed by atoms with E-state index in [1.54, 1.807) is 6.07 Å². The first-order valence-electron chi connectivity index (χ1n) is 9.74. The minimum Gasteiger partial charge on any atom is -0.492 e. The van der Waals surface area contributed by atoms with Gasteiger partial charge in [-0.15, -0.1) is 0 Å². The van der Waals surface area contributed by atoms with E-state index in [0.29, 0.717) is 11.7 Å². The number of methoxy groups -OCH3 is 2. The minimum atomic E-state index is -0.759. The molecule has 3 aliphatic rings. The SMILES string of the molecule is COC1=CC(=C2Oc3cc(C4CCCCC4)ccc3C(=O)C2=O)C=C(OC)C1=O. The second-order valence-corrected chi connectivity index (χ2v) is 7.39. The third-order valence-corrected chi connectivity index (χ3v) is 5.67. The van der Waals surface area contributed by atoms with Crippen LogP contribution < -0.4 is 4.74 Å². The van der Waals surface area contributed by atoms with Crippen LogP contribution in [0.4, 0.5) is 0 Å². The van der Waals surface area contributed by atoms with Gasteiger partial charge in [0.1, 0.15) is 5.75 Å². The fourth-order valence-corrected chi connectivity index (χ4v) is 4.08. The maximum atomic E-state index is 12.7. The molecule has 1 heterocycles. The van der Waals surface area contributed by atoms with Gasteiger partial charge in [-0.25, -0.2) is 0 Å². The lowest BCUT2D eigenvalue weighted by Crippen LogP contribution is -2.28. The molecule has 1 fully saturated rings. The van der Waals surface area contributed by atoms with Crippen molar-refractivity contribution in [1.29, 1.82) is 0 Å². The number of allylic oxidation sites excluding steroid dienone is 4. The highest BCUT2D eigenvalue weighted by atomic mass is 16.5. The lowest BCUT2D eigenvalue weighted by Gasteiger charge is -2.25. The van der Waals surface area contributed by atoms with Gasteiger partial charge < -0.3 is 14.2 Å². The molecule has 6 nitrogen and oxygen atoms in total. The van der Waals surface area contributed by atoms with E-state index in [4.69, 9.17) is 14.2 Å². The molecule has 0 bridgehead atoms. The fourth-order valence-electron chi connectivity index (χ4n) is 4.08. The third-order valence-electron chi connectivity index (χ3n) is 5.67. The van der Waals surface area contributed by atoms with Crippen LogP contribution in [0.5, 0.6) is 5.75 Å². The highest BCUT2D eigenvalue weighted by Gasteiger charge is 2.35. The minimum absolute atomic E-state index is 0.0115. The first-order chi connectivity index (χ1) is 14.0. The third kappa shape index (κ3) is 3.39. The van der Waals surface area contributed by atoms with Gasteiger partial charge in [0.05, 0.1) is 19.8 Å². The van der Waals surface area contributed by atoms with Crippen molar-refractivity contribution in [2.45, 2.75) is 38.0 Å². The maximum Gasteiger partial charge on any atom is 0.269 e. The molecule has 4 rings (SSSR count). The standard InChI is InChI=1S/C23H22O6/c1-27-18-11-15(12-19(28-2)21(18)25)23-22(26)20(24)16-9-8-14(10-17(16)29-23)13-6-4-3-5-7-13/h8-13H,3-7H2,1-2H3. The zero-order chi connectivity index (χ0) is 20.5. The van der Waals surface area contributed by atoms with Crippen LogP contribution >= 0.6 is 0 Å². The van der Waals surface area contributed by atoms with E-state index in [0.717, 1.165) is 18.4 Å². The van der Waals surface area contributed by atoms with E-state index in [9.17, 15) is 14.4 Å². The highest BCUT2D eigenvalue weighted by Crippen LogP contribution is 2.38. The van der Waals surface area contributed by atoms with Crippen molar-refractivity contribution in [2.24, 2.45) is 0 Å². The van der Waals surface area contributed by atoms with Crippen LogP contribution in [0, 0.1) is 0 Å². The first kappa shape index (κ1) is 19.2. The molecular weight excluding hydrogens is 372 g/mol. The summed E-state index contributed by atoms with van der Waals surface area (Å²) in [4.78, 5) is 37.6. The van der Waals surface area contributed by atoms with Gasteiger partial charge in [0, 0.05) is 5.57 Å². The summed E-state index contributed by atoms with van der Waals surface area (Å²) in [7, 11) is 2.70. The van der Waals surface area contributed by atoms with Crippen LogP contribution in [0.3, 0.4) is 0 Å². The number of carbonyl (C=O) groups excluding carboxylic acids is 3. The Morgan fingerprint density at radius 1 is 0.862 bits per heavy atom. The number of benzene rings is 1. The van der Waals surface area contributed by atoms with E-state index >= 15 is 0 Å². The van der Waals surface area contributed by atoms with Gasteiger partial charge >= 0.3 is 0 Å². The van der Waals surface area contributed by atoms with Gasteiger partial charge in [-0.3, -0.25) is 14.4 Å². The van der Waals surface area contributed by atoms with Crippen LogP contribution in [-0.4, -0.2) is 31.6 Å². The van der Waals surface area contributed by atoms with E-state index < -0.39 is 17.3 Å². The number of Topliss-reactive ketones (excluding diaryl/α,β-unsaturated/α-hetero) is 3. The van der Waals surface area contributed by atoms with Crippen molar-refractivity contribution in [2.75, 3.05) is 14.2 Å². The lowest BCUT2D eigenvalue weighted by molar-refractivity contribution is -0.118. The van der Waals surface area contributed by atoms with Crippen molar-refractivity contribution < 1.29 is 28.6 Å². The number of ether oxygens (including phenoxy) is 3. The number of ketones is 3. The molecule has 0 unspecified atom stereocenters. The molecule has 0 atom stereocenters. The molecule has 0 saturated heterocycles. The average Bonchev–Trinajstić information content (AvgIpc) is 2.76. The van der Waals surface area contributed by atoms with Crippen molar-refractivity contribution >= 4 is 17.3 Å². The molecule has 1 aromatic carbocycles. The fraction of sp³-hybridized carbons (Fsp3) is 0.348. The molecule has 1 saturated carbocycles. The Kier molecular flexibility index (Phi) is 5.09. The van der Waals surface area contributed by atoms with Crippen LogP contribution in [0.1, 0.15) is 53.9 Å². The van der Waals surface area contributed by atoms with Crippen LogP contribution in [0.15, 0.2) is 53.2 Å². The molecule has 0 spiro atoms. The van der Waals surface area contributed by atoms with E-state index in [-0.39, 0.29) is 28.4 Å². The Balaban J connectivity index is 1.77. The van der Waals surface area contributed by atoms with Gasteiger partial charge in [-0.2, -0.15) is 0 Å². The van der Waals surface area contributed by atoms with Crippen molar-refractivity contribution in [3.8, 4) is 5.75 Å². The first-order valence-corrected chi connectivity index (χ1v) is 9.74. The zero-order valence-electron chi connectivity index (χ0n) is 16.4. The smallest absolute Gasteiger partial charge is 0.269 e. The summed E-state index contributed by atoms with van der Waals surface area (Å²) >= 11 is 0. The second-order valence-electron chi connectivity index (χ2n) is 7.39. The Morgan fingerprint density at radius 2 is 1.52 bits per heavy atom. The van der Waals surface area contributed by atoms with Crippen LogP contribution in [0.2, 0.25) is 0 Å². The molecule has 150 valence electrons. The molecule has 2 aliphatic carbocycles. The molecule has 29 heavy (non-hydrogen) atoms. The monoisotopic (exact) mass is 394 g/mol. The molecular formula is C23H22O6. The number of carbonyl (C=O) groups is 3. The van der Waals surface area contributed by atoms with E-state index in [1.165, 1.54) is 45.6 Å². The number of fused-ring (bicyclic) bond motifs is 1.